The number of benzene rings is 1. The van der Waals surface area contributed by atoms with Gasteiger partial charge in [0, 0.05) is 32.4 Å². The molecule has 0 saturated heterocycles. The number of nitriles is 1. The van der Waals surface area contributed by atoms with Crippen LogP contribution < -0.4 is 10.6 Å². The summed E-state index contributed by atoms with van der Waals surface area (Å²) in [4.78, 5) is 15.9. The van der Waals surface area contributed by atoms with Gasteiger partial charge in [0.25, 0.3) is 0 Å². The summed E-state index contributed by atoms with van der Waals surface area (Å²) in [6, 6.07) is 12.2. The molecule has 6 heteroatoms. The Morgan fingerprint density at radius 1 is 1.33 bits per heavy atom. The fourth-order valence-electron chi connectivity index (χ4n) is 3.94. The second-order valence-electron chi connectivity index (χ2n) is 6.77. The van der Waals surface area contributed by atoms with E-state index in [9.17, 15) is 10.1 Å². The summed E-state index contributed by atoms with van der Waals surface area (Å²) in [7, 11) is 0. The molecule has 1 unspecified atom stereocenters. The lowest BCUT2D eigenvalue weighted by Gasteiger charge is -2.39. The average molecular weight is 440 g/mol. The Labute approximate surface area is 170 Å². The van der Waals surface area contributed by atoms with Crippen LogP contribution >= 0.6 is 27.3 Å². The molecule has 136 valence electrons. The minimum absolute atomic E-state index is 0.115. The number of nitrogens with zero attached hydrogens (tertiary/aromatic N) is 2. The molecule has 1 aromatic heterocycles. The predicted octanol–water partition coefficient (Wildman–Crippen LogP) is 5.12. The number of rotatable bonds is 2. The van der Waals surface area contributed by atoms with Gasteiger partial charge in [-0.05, 0) is 53.4 Å². The van der Waals surface area contributed by atoms with Crippen molar-refractivity contribution < 1.29 is 4.79 Å². The van der Waals surface area contributed by atoms with Crippen LogP contribution in [-0.2, 0) is 4.79 Å². The SMILES string of the molecule is Cc1ccccc1N1C(N)=C(C#N)C(c2cc(Br)cs2)C2=C1CCCC2=O. The molecule has 0 bridgehead atoms. The Morgan fingerprint density at radius 3 is 2.78 bits per heavy atom. The van der Waals surface area contributed by atoms with Crippen molar-refractivity contribution >= 4 is 38.7 Å². The van der Waals surface area contributed by atoms with E-state index in [-0.39, 0.29) is 11.7 Å². The third-order valence-corrected chi connectivity index (χ3v) is 6.90. The van der Waals surface area contributed by atoms with Gasteiger partial charge in [-0.15, -0.1) is 11.3 Å². The van der Waals surface area contributed by atoms with Crippen molar-refractivity contribution in [2.45, 2.75) is 32.1 Å². The van der Waals surface area contributed by atoms with Crippen LogP contribution in [-0.4, -0.2) is 5.78 Å². The van der Waals surface area contributed by atoms with Gasteiger partial charge in [-0.1, -0.05) is 18.2 Å². The second kappa shape index (κ2) is 6.99. The van der Waals surface area contributed by atoms with E-state index in [0.717, 1.165) is 44.7 Å². The van der Waals surface area contributed by atoms with Crippen molar-refractivity contribution in [3.8, 4) is 6.07 Å². The van der Waals surface area contributed by atoms with E-state index in [4.69, 9.17) is 5.73 Å². The summed E-state index contributed by atoms with van der Waals surface area (Å²) in [5, 5.41) is 11.9. The van der Waals surface area contributed by atoms with Gasteiger partial charge in [-0.25, -0.2) is 0 Å². The molecule has 1 aliphatic heterocycles. The van der Waals surface area contributed by atoms with Crippen LogP contribution in [0.2, 0.25) is 0 Å². The van der Waals surface area contributed by atoms with E-state index in [0.29, 0.717) is 17.8 Å². The second-order valence-corrected chi connectivity index (χ2v) is 8.63. The maximum absolute atomic E-state index is 13.0. The van der Waals surface area contributed by atoms with Crippen molar-refractivity contribution in [1.29, 1.82) is 5.26 Å². The van der Waals surface area contributed by atoms with Crippen LogP contribution in [0.1, 0.15) is 35.6 Å². The lowest BCUT2D eigenvalue weighted by Crippen LogP contribution is -2.38. The largest absolute Gasteiger partial charge is 0.384 e. The highest BCUT2D eigenvalue weighted by atomic mass is 79.9. The minimum Gasteiger partial charge on any atom is -0.384 e. The van der Waals surface area contributed by atoms with Gasteiger partial charge in [0.2, 0.25) is 0 Å². The molecule has 4 nitrogen and oxygen atoms in total. The van der Waals surface area contributed by atoms with Gasteiger partial charge < -0.3 is 5.73 Å². The number of hydrogen-bond donors (Lipinski definition) is 1. The van der Waals surface area contributed by atoms with Crippen molar-refractivity contribution in [2.75, 3.05) is 4.90 Å². The van der Waals surface area contributed by atoms with Gasteiger partial charge in [0.1, 0.15) is 5.82 Å². The maximum Gasteiger partial charge on any atom is 0.161 e. The summed E-state index contributed by atoms with van der Waals surface area (Å²) in [5.41, 5.74) is 10.6. The van der Waals surface area contributed by atoms with Crippen LogP contribution in [0.5, 0.6) is 0 Å². The Balaban J connectivity index is 1.99. The van der Waals surface area contributed by atoms with E-state index in [1.54, 1.807) is 11.3 Å². The predicted molar refractivity (Wildman–Crippen MR) is 111 cm³/mol. The molecule has 0 amide bonds. The molecular weight excluding hydrogens is 422 g/mol. The molecular formula is C21H18BrN3OS. The lowest BCUT2D eigenvalue weighted by molar-refractivity contribution is -0.116. The number of carbonyl (C=O) groups is 1. The highest BCUT2D eigenvalue weighted by molar-refractivity contribution is 9.10. The number of anilines is 1. The van der Waals surface area contributed by atoms with Crippen LogP contribution in [0.4, 0.5) is 5.69 Å². The Bertz CT molecular complexity index is 1040. The molecule has 0 fully saturated rings. The first kappa shape index (κ1) is 18.0. The highest BCUT2D eigenvalue weighted by Crippen LogP contribution is 2.48. The Morgan fingerprint density at radius 2 is 2.11 bits per heavy atom. The summed E-state index contributed by atoms with van der Waals surface area (Å²) in [6.45, 7) is 2.02. The summed E-state index contributed by atoms with van der Waals surface area (Å²) >= 11 is 5.03. The number of para-hydroxylation sites is 1. The molecule has 1 aromatic carbocycles. The van der Waals surface area contributed by atoms with Gasteiger partial charge in [0.05, 0.1) is 23.2 Å². The third kappa shape index (κ3) is 2.91. The van der Waals surface area contributed by atoms with E-state index >= 15 is 0 Å². The third-order valence-electron chi connectivity index (χ3n) is 5.14. The summed E-state index contributed by atoms with van der Waals surface area (Å²) < 4.78 is 0.949. The summed E-state index contributed by atoms with van der Waals surface area (Å²) in [5.74, 6) is 0.161. The smallest absolute Gasteiger partial charge is 0.161 e. The van der Waals surface area contributed by atoms with Gasteiger partial charge in [0.15, 0.2) is 5.78 Å². The van der Waals surface area contributed by atoms with Gasteiger partial charge in [-0.2, -0.15) is 5.26 Å². The van der Waals surface area contributed by atoms with Gasteiger partial charge >= 0.3 is 0 Å². The zero-order valence-electron chi connectivity index (χ0n) is 14.8. The number of allylic oxidation sites excluding steroid dienone is 3. The first-order valence-electron chi connectivity index (χ1n) is 8.78. The normalized spacial score (nSPS) is 20.0. The highest BCUT2D eigenvalue weighted by Gasteiger charge is 2.41. The van der Waals surface area contributed by atoms with Crippen molar-refractivity contribution in [1.82, 2.24) is 0 Å². The molecule has 2 heterocycles. The summed E-state index contributed by atoms with van der Waals surface area (Å²) in [6.07, 6.45) is 2.09. The van der Waals surface area contributed by atoms with Crippen LogP contribution in [0.25, 0.3) is 0 Å². The first-order valence-corrected chi connectivity index (χ1v) is 10.5. The van der Waals surface area contributed by atoms with Gasteiger partial charge in [-0.3, -0.25) is 9.69 Å². The topological polar surface area (TPSA) is 70.1 Å². The quantitative estimate of drug-likeness (QED) is 0.704. The standard InChI is InChI=1S/C21H18BrN3OS/c1-12-5-2-3-6-15(12)25-16-7-4-8-17(26)20(16)19(14(10-23)21(25)24)18-9-13(22)11-27-18/h2-3,5-6,9,11,19H,4,7-8,24H2,1H3. The molecule has 1 atom stereocenters. The molecule has 2 aromatic rings. The number of Topliss-reactive ketones (excluding diaryl/α,β-unsaturated/α-hetero) is 1. The van der Waals surface area contributed by atoms with E-state index in [1.807, 2.05) is 47.5 Å². The molecule has 0 spiro atoms. The number of ketones is 1. The van der Waals surface area contributed by atoms with E-state index in [2.05, 4.69) is 22.0 Å². The minimum atomic E-state index is -0.380. The fraction of sp³-hybridized carbons (Fsp3) is 0.238. The molecule has 27 heavy (non-hydrogen) atoms. The number of hydrogen-bond acceptors (Lipinski definition) is 5. The Hall–Kier alpha value is -2.36. The van der Waals surface area contributed by atoms with E-state index in [1.165, 1.54) is 0 Å². The monoisotopic (exact) mass is 439 g/mol. The van der Waals surface area contributed by atoms with Crippen LogP contribution in [0, 0.1) is 18.3 Å². The fourth-order valence-corrected chi connectivity index (χ4v) is 5.50. The van der Waals surface area contributed by atoms with Crippen LogP contribution in [0.3, 0.4) is 0 Å². The molecule has 0 radical (unpaired) electrons. The zero-order valence-corrected chi connectivity index (χ0v) is 17.2. The average Bonchev–Trinajstić information content (AvgIpc) is 3.08. The maximum atomic E-state index is 13.0. The zero-order chi connectivity index (χ0) is 19.1. The molecule has 1 aliphatic carbocycles. The number of thiophene rings is 1. The molecule has 2 N–H and O–H groups in total. The van der Waals surface area contributed by atoms with E-state index < -0.39 is 0 Å². The number of carbonyl (C=O) groups excluding carboxylic acids is 1. The van der Waals surface area contributed by atoms with Crippen LogP contribution in [0.15, 0.2) is 62.8 Å². The first-order chi connectivity index (χ1) is 13.0. The lowest BCUT2D eigenvalue weighted by atomic mass is 9.78. The number of aryl methyl sites for hydroxylation is 1. The Kier molecular flexibility index (Phi) is 4.67. The molecule has 2 aliphatic rings. The number of nitrogens with two attached hydrogens (primary N) is 1. The van der Waals surface area contributed by atoms with Crippen molar-refractivity contribution in [3.05, 3.63) is 73.3 Å². The van der Waals surface area contributed by atoms with Crippen molar-refractivity contribution in [3.63, 3.8) is 0 Å². The molecule has 0 saturated carbocycles. The number of halogens is 1. The van der Waals surface area contributed by atoms with Crippen molar-refractivity contribution in [2.24, 2.45) is 5.73 Å². The molecule has 4 rings (SSSR count).